The molecule has 0 amide bonds. The van der Waals surface area contributed by atoms with Crippen LogP contribution in [0.25, 0.3) is 0 Å². The van der Waals surface area contributed by atoms with E-state index in [1.54, 1.807) is 21.3 Å². The fourth-order valence-electron chi connectivity index (χ4n) is 2.05. The minimum atomic E-state index is 0.616. The van der Waals surface area contributed by atoms with E-state index in [0.717, 1.165) is 22.6 Å². The summed E-state index contributed by atoms with van der Waals surface area (Å²) in [5, 5.41) is 3.23. The molecule has 0 saturated heterocycles. The van der Waals surface area contributed by atoms with Gasteiger partial charge in [-0.3, -0.25) is 0 Å². The van der Waals surface area contributed by atoms with E-state index in [1.807, 2.05) is 42.5 Å². The molecule has 1 N–H and O–H groups in total. The normalized spacial score (nSPS) is 9.95. The predicted octanol–water partition coefficient (Wildman–Crippen LogP) is 3.18. The molecule has 0 fully saturated rings. The van der Waals surface area contributed by atoms with Crippen LogP contribution in [0.15, 0.2) is 42.5 Å². The topological polar surface area (TPSA) is 39.7 Å². The minimum Gasteiger partial charge on any atom is -0.497 e. The molecule has 0 aromatic heterocycles. The maximum atomic E-state index is 5.45. The highest BCUT2D eigenvalue weighted by molar-refractivity contribution is 7.80. The van der Waals surface area contributed by atoms with Crippen LogP contribution in [-0.4, -0.2) is 26.3 Å². The van der Waals surface area contributed by atoms with E-state index in [-0.39, 0.29) is 0 Å². The summed E-state index contributed by atoms with van der Waals surface area (Å²) in [4.78, 5) is 0.627. The Bertz CT molecular complexity index is 658. The summed E-state index contributed by atoms with van der Waals surface area (Å²) in [6.07, 6.45) is 0. The van der Waals surface area contributed by atoms with E-state index >= 15 is 0 Å². The molecule has 0 saturated carbocycles. The number of thiocarbonyl (C=S) groups is 1. The van der Waals surface area contributed by atoms with Crippen molar-refractivity contribution < 1.29 is 14.2 Å². The molecule has 2 aromatic rings. The minimum absolute atomic E-state index is 0.616. The summed E-state index contributed by atoms with van der Waals surface area (Å²) < 4.78 is 15.8. The van der Waals surface area contributed by atoms with Gasteiger partial charge in [0.2, 0.25) is 0 Å². The van der Waals surface area contributed by atoms with E-state index in [2.05, 4.69) is 5.32 Å². The molecule has 0 aliphatic carbocycles. The molecule has 0 unspecified atom stereocenters. The van der Waals surface area contributed by atoms with Crippen molar-refractivity contribution in [1.29, 1.82) is 0 Å². The summed E-state index contributed by atoms with van der Waals surface area (Å²) >= 11 is 5.45. The Kier molecular flexibility index (Phi) is 5.61. The second-order valence-corrected chi connectivity index (χ2v) is 5.01. The van der Waals surface area contributed by atoms with Crippen molar-refractivity contribution >= 4 is 17.2 Å². The molecule has 0 bridgehead atoms. The largest absolute Gasteiger partial charge is 0.497 e. The average molecular weight is 317 g/mol. The Morgan fingerprint density at radius 2 is 1.68 bits per heavy atom. The van der Waals surface area contributed by atoms with Gasteiger partial charge in [-0.25, -0.2) is 0 Å². The van der Waals surface area contributed by atoms with Crippen LogP contribution in [0.1, 0.15) is 11.1 Å². The van der Waals surface area contributed by atoms with Crippen LogP contribution in [0, 0.1) is 0 Å². The summed E-state index contributed by atoms with van der Waals surface area (Å²) in [6.45, 7) is 0.616. The van der Waals surface area contributed by atoms with E-state index in [9.17, 15) is 0 Å². The lowest BCUT2D eigenvalue weighted by Gasteiger charge is -2.13. The summed E-state index contributed by atoms with van der Waals surface area (Å²) in [7, 11) is 4.89. The zero-order valence-corrected chi connectivity index (χ0v) is 13.7. The van der Waals surface area contributed by atoms with Gasteiger partial charge in [-0.05, 0) is 29.8 Å². The lowest BCUT2D eigenvalue weighted by Crippen LogP contribution is -2.22. The maximum absolute atomic E-state index is 5.45. The zero-order valence-electron chi connectivity index (χ0n) is 12.9. The van der Waals surface area contributed by atoms with Crippen molar-refractivity contribution in [3.8, 4) is 17.2 Å². The van der Waals surface area contributed by atoms with Gasteiger partial charge in [0.15, 0.2) is 0 Å². The Balaban J connectivity index is 2.08. The number of nitrogens with one attached hydrogen (secondary N) is 1. The van der Waals surface area contributed by atoms with Crippen molar-refractivity contribution in [1.82, 2.24) is 5.32 Å². The van der Waals surface area contributed by atoms with Crippen LogP contribution in [0.4, 0.5) is 0 Å². The summed E-state index contributed by atoms with van der Waals surface area (Å²) in [5.41, 5.74) is 1.93. The second-order valence-electron chi connectivity index (χ2n) is 4.60. The molecule has 0 aliphatic rings. The standard InChI is InChI=1S/C17H19NO3S/c1-19-13-6-4-5-12(9-13)11-18-17(22)15-8-7-14(20-2)10-16(15)21-3/h4-10H,11H2,1-3H3,(H,18,22). The molecule has 2 rings (SSSR count). The zero-order chi connectivity index (χ0) is 15.9. The molecule has 5 heteroatoms. The van der Waals surface area contributed by atoms with Gasteiger partial charge in [0.05, 0.1) is 26.9 Å². The maximum Gasteiger partial charge on any atom is 0.132 e. The molecule has 0 atom stereocenters. The first-order chi connectivity index (χ1) is 10.7. The summed E-state index contributed by atoms with van der Waals surface area (Å²) in [5.74, 6) is 2.24. The molecular formula is C17H19NO3S. The van der Waals surface area contributed by atoms with Gasteiger partial charge in [0.1, 0.15) is 22.2 Å². The van der Waals surface area contributed by atoms with Crippen LogP contribution in [0.5, 0.6) is 17.2 Å². The van der Waals surface area contributed by atoms with Crippen molar-refractivity contribution in [2.75, 3.05) is 21.3 Å². The average Bonchev–Trinajstić information content (AvgIpc) is 2.59. The molecule has 0 aliphatic heterocycles. The van der Waals surface area contributed by atoms with Gasteiger partial charge in [-0.1, -0.05) is 24.4 Å². The van der Waals surface area contributed by atoms with Gasteiger partial charge < -0.3 is 19.5 Å². The van der Waals surface area contributed by atoms with Crippen LogP contribution in [-0.2, 0) is 6.54 Å². The monoisotopic (exact) mass is 317 g/mol. The molecular weight excluding hydrogens is 298 g/mol. The van der Waals surface area contributed by atoms with Crippen molar-refractivity contribution in [3.05, 3.63) is 53.6 Å². The highest BCUT2D eigenvalue weighted by Gasteiger charge is 2.10. The Hall–Kier alpha value is -2.27. The predicted molar refractivity (Wildman–Crippen MR) is 91.1 cm³/mol. The molecule has 4 nitrogen and oxygen atoms in total. The highest BCUT2D eigenvalue weighted by atomic mass is 32.1. The van der Waals surface area contributed by atoms with Gasteiger partial charge in [0, 0.05) is 12.6 Å². The van der Waals surface area contributed by atoms with E-state index in [1.165, 1.54) is 0 Å². The first kappa shape index (κ1) is 16.1. The van der Waals surface area contributed by atoms with Crippen molar-refractivity contribution in [3.63, 3.8) is 0 Å². The van der Waals surface area contributed by atoms with Gasteiger partial charge in [0.25, 0.3) is 0 Å². The fraction of sp³-hybridized carbons (Fsp3) is 0.235. The van der Waals surface area contributed by atoms with E-state index in [4.69, 9.17) is 26.4 Å². The molecule has 2 aromatic carbocycles. The molecule has 0 spiro atoms. The third-order valence-electron chi connectivity index (χ3n) is 3.24. The van der Waals surface area contributed by atoms with Crippen molar-refractivity contribution in [2.45, 2.75) is 6.54 Å². The molecule has 116 valence electrons. The highest BCUT2D eigenvalue weighted by Crippen LogP contribution is 2.25. The smallest absolute Gasteiger partial charge is 0.132 e. The Morgan fingerprint density at radius 1 is 0.955 bits per heavy atom. The number of hydrogen-bond acceptors (Lipinski definition) is 4. The molecule has 22 heavy (non-hydrogen) atoms. The first-order valence-corrected chi connectivity index (χ1v) is 7.22. The fourth-order valence-corrected chi connectivity index (χ4v) is 2.29. The number of benzene rings is 2. The SMILES string of the molecule is COc1cccc(CNC(=S)c2ccc(OC)cc2OC)c1. The number of hydrogen-bond donors (Lipinski definition) is 1. The van der Waals surface area contributed by atoms with E-state index in [0.29, 0.717) is 17.3 Å². The lowest BCUT2D eigenvalue weighted by atomic mass is 10.1. The quantitative estimate of drug-likeness (QED) is 0.829. The molecule has 0 radical (unpaired) electrons. The van der Waals surface area contributed by atoms with Gasteiger partial charge in [-0.2, -0.15) is 0 Å². The third-order valence-corrected chi connectivity index (χ3v) is 3.60. The lowest BCUT2D eigenvalue weighted by molar-refractivity contribution is 0.393. The third kappa shape index (κ3) is 3.89. The number of ether oxygens (including phenoxy) is 3. The van der Waals surface area contributed by atoms with Gasteiger partial charge >= 0.3 is 0 Å². The Morgan fingerprint density at radius 3 is 2.36 bits per heavy atom. The second kappa shape index (κ2) is 7.66. The van der Waals surface area contributed by atoms with Gasteiger partial charge in [-0.15, -0.1) is 0 Å². The number of rotatable bonds is 6. The van der Waals surface area contributed by atoms with Crippen LogP contribution >= 0.6 is 12.2 Å². The Labute approximate surface area is 136 Å². The summed E-state index contributed by atoms with van der Waals surface area (Å²) in [6, 6.07) is 13.4. The first-order valence-electron chi connectivity index (χ1n) is 6.81. The molecule has 0 heterocycles. The van der Waals surface area contributed by atoms with Crippen LogP contribution in [0.3, 0.4) is 0 Å². The van der Waals surface area contributed by atoms with E-state index < -0.39 is 0 Å². The number of methoxy groups -OCH3 is 3. The van der Waals surface area contributed by atoms with Crippen LogP contribution < -0.4 is 19.5 Å². The van der Waals surface area contributed by atoms with Crippen LogP contribution in [0.2, 0.25) is 0 Å². The van der Waals surface area contributed by atoms with Crippen molar-refractivity contribution in [2.24, 2.45) is 0 Å².